The van der Waals surface area contributed by atoms with E-state index in [9.17, 15) is 9.59 Å². The molecule has 0 fully saturated rings. The lowest BCUT2D eigenvalue weighted by molar-refractivity contribution is -0.145. The molecular formula is C10H13NO3S. The number of nitrogens with one attached hydrogen (secondary N) is 1. The van der Waals surface area contributed by atoms with Crippen LogP contribution in [0.25, 0.3) is 0 Å². The van der Waals surface area contributed by atoms with Crippen molar-refractivity contribution in [3.05, 3.63) is 16.8 Å². The van der Waals surface area contributed by atoms with Crippen LogP contribution >= 0.6 is 11.3 Å². The van der Waals surface area contributed by atoms with Gasteiger partial charge in [-0.1, -0.05) is 13.8 Å². The van der Waals surface area contributed by atoms with E-state index < -0.39 is 17.8 Å². The Morgan fingerprint density at radius 2 is 2.07 bits per heavy atom. The number of rotatable bonds is 4. The molecule has 15 heavy (non-hydrogen) atoms. The quantitative estimate of drug-likeness (QED) is 0.827. The Morgan fingerprint density at radius 1 is 1.40 bits per heavy atom. The van der Waals surface area contributed by atoms with Gasteiger partial charge >= 0.3 is 5.97 Å². The molecule has 5 heteroatoms. The van der Waals surface area contributed by atoms with Crippen LogP contribution in [-0.2, 0) is 9.59 Å². The number of carbonyl (C=O) groups is 2. The van der Waals surface area contributed by atoms with Crippen molar-refractivity contribution in [2.45, 2.75) is 13.8 Å². The summed E-state index contributed by atoms with van der Waals surface area (Å²) < 4.78 is 0. The number of anilines is 1. The zero-order valence-electron chi connectivity index (χ0n) is 8.56. The highest BCUT2D eigenvalue weighted by Gasteiger charge is 2.25. The van der Waals surface area contributed by atoms with Gasteiger partial charge in [0, 0.05) is 11.3 Å². The van der Waals surface area contributed by atoms with Crippen LogP contribution in [0.3, 0.4) is 0 Å². The molecule has 0 saturated carbocycles. The molecule has 0 radical (unpaired) electrons. The van der Waals surface area contributed by atoms with Crippen LogP contribution in [0.2, 0.25) is 0 Å². The topological polar surface area (TPSA) is 66.4 Å². The summed E-state index contributed by atoms with van der Waals surface area (Å²) in [5.74, 6) is -2.43. The maximum absolute atomic E-state index is 11.6. The molecule has 1 heterocycles. The Labute approximate surface area is 91.9 Å². The highest BCUT2D eigenvalue weighted by atomic mass is 32.1. The van der Waals surface area contributed by atoms with Crippen molar-refractivity contribution in [3.8, 4) is 0 Å². The van der Waals surface area contributed by atoms with Gasteiger partial charge in [-0.05, 0) is 11.4 Å². The molecule has 1 aromatic heterocycles. The van der Waals surface area contributed by atoms with Gasteiger partial charge in [0.05, 0.1) is 11.6 Å². The molecule has 0 spiro atoms. The minimum Gasteiger partial charge on any atom is -0.481 e. The van der Waals surface area contributed by atoms with Gasteiger partial charge in [0.1, 0.15) is 0 Å². The number of hydrogen-bond acceptors (Lipinski definition) is 3. The predicted molar refractivity (Wildman–Crippen MR) is 58.9 cm³/mol. The lowest BCUT2D eigenvalue weighted by Gasteiger charge is -2.14. The maximum Gasteiger partial charge on any atom is 0.307 e. The summed E-state index contributed by atoms with van der Waals surface area (Å²) in [6.07, 6.45) is 0. The molecule has 0 aliphatic rings. The minimum atomic E-state index is -0.956. The largest absolute Gasteiger partial charge is 0.481 e. The summed E-state index contributed by atoms with van der Waals surface area (Å²) in [7, 11) is 0. The Bertz CT molecular complexity index is 348. The van der Waals surface area contributed by atoms with Crippen molar-refractivity contribution in [1.82, 2.24) is 0 Å². The Morgan fingerprint density at radius 3 is 2.53 bits per heavy atom. The van der Waals surface area contributed by atoms with E-state index in [4.69, 9.17) is 5.11 Å². The lowest BCUT2D eigenvalue weighted by Crippen LogP contribution is -2.29. The van der Waals surface area contributed by atoms with E-state index >= 15 is 0 Å². The first-order valence-corrected chi connectivity index (χ1v) is 5.52. The van der Waals surface area contributed by atoms with Gasteiger partial charge in [0.2, 0.25) is 5.91 Å². The zero-order valence-corrected chi connectivity index (χ0v) is 9.38. The van der Waals surface area contributed by atoms with Gasteiger partial charge < -0.3 is 10.4 Å². The number of carbonyl (C=O) groups excluding carboxylic acids is 1. The monoisotopic (exact) mass is 227 g/mol. The number of aliphatic carboxylic acids is 1. The summed E-state index contributed by atoms with van der Waals surface area (Å²) in [5, 5.41) is 15.1. The third-order valence-electron chi connectivity index (χ3n) is 2.34. The summed E-state index contributed by atoms with van der Waals surface area (Å²) in [6, 6.07) is 1.78. The van der Waals surface area contributed by atoms with Crippen LogP contribution in [0, 0.1) is 11.8 Å². The van der Waals surface area contributed by atoms with Crippen molar-refractivity contribution in [1.29, 1.82) is 0 Å². The summed E-state index contributed by atoms with van der Waals surface area (Å²) in [6.45, 7) is 3.14. The van der Waals surface area contributed by atoms with Gasteiger partial charge in [-0.3, -0.25) is 9.59 Å². The molecule has 4 nitrogen and oxygen atoms in total. The number of carboxylic acids is 1. The van der Waals surface area contributed by atoms with Gasteiger partial charge in [-0.2, -0.15) is 11.3 Å². The van der Waals surface area contributed by atoms with Crippen LogP contribution < -0.4 is 5.32 Å². The second-order valence-electron chi connectivity index (χ2n) is 3.42. The minimum absolute atomic E-state index is 0.261. The van der Waals surface area contributed by atoms with Crippen molar-refractivity contribution in [3.63, 3.8) is 0 Å². The molecule has 0 aromatic carbocycles. The van der Waals surface area contributed by atoms with Gasteiger partial charge in [0.15, 0.2) is 0 Å². The third kappa shape index (κ3) is 3.06. The molecule has 0 bridgehead atoms. The Hall–Kier alpha value is -1.36. The smallest absolute Gasteiger partial charge is 0.307 e. The van der Waals surface area contributed by atoms with E-state index in [1.165, 1.54) is 18.3 Å². The van der Waals surface area contributed by atoms with E-state index in [-0.39, 0.29) is 5.91 Å². The van der Waals surface area contributed by atoms with E-state index in [0.29, 0.717) is 0 Å². The van der Waals surface area contributed by atoms with Crippen LogP contribution in [0.15, 0.2) is 16.8 Å². The summed E-state index contributed by atoms with van der Waals surface area (Å²) in [5.41, 5.74) is 0.717. The maximum atomic E-state index is 11.6. The van der Waals surface area contributed by atoms with Crippen molar-refractivity contribution >= 4 is 28.9 Å². The molecule has 0 aliphatic heterocycles. The third-order valence-corrected chi connectivity index (χ3v) is 3.03. The fourth-order valence-corrected chi connectivity index (χ4v) is 1.62. The lowest BCUT2D eigenvalue weighted by atomic mass is 9.95. The zero-order chi connectivity index (χ0) is 11.4. The van der Waals surface area contributed by atoms with Crippen molar-refractivity contribution < 1.29 is 14.7 Å². The van der Waals surface area contributed by atoms with Crippen molar-refractivity contribution in [2.24, 2.45) is 11.8 Å². The Kier molecular flexibility index (Phi) is 3.85. The fourth-order valence-electron chi connectivity index (χ4n) is 1.03. The number of amides is 1. The summed E-state index contributed by atoms with van der Waals surface area (Å²) >= 11 is 1.48. The van der Waals surface area contributed by atoms with Crippen LogP contribution in [0.5, 0.6) is 0 Å². The highest BCUT2D eigenvalue weighted by Crippen LogP contribution is 2.16. The van der Waals surface area contributed by atoms with E-state index in [1.54, 1.807) is 18.4 Å². The number of thiophene rings is 1. The molecule has 0 saturated heterocycles. The molecule has 2 atom stereocenters. The predicted octanol–water partition coefficient (Wildman–Crippen LogP) is 2.04. The van der Waals surface area contributed by atoms with Crippen LogP contribution in [0.1, 0.15) is 13.8 Å². The van der Waals surface area contributed by atoms with Crippen molar-refractivity contribution in [2.75, 3.05) is 5.32 Å². The first kappa shape index (κ1) is 11.7. The van der Waals surface area contributed by atoms with E-state index in [2.05, 4.69) is 5.32 Å². The van der Waals surface area contributed by atoms with Crippen LogP contribution in [-0.4, -0.2) is 17.0 Å². The SMILES string of the molecule is CC(C(=O)O)C(C)C(=O)Nc1ccsc1. The van der Waals surface area contributed by atoms with E-state index in [1.807, 2.05) is 5.38 Å². The first-order chi connectivity index (χ1) is 7.02. The molecule has 2 N–H and O–H groups in total. The molecule has 1 aromatic rings. The second kappa shape index (κ2) is 4.93. The first-order valence-electron chi connectivity index (χ1n) is 4.58. The molecule has 0 aliphatic carbocycles. The van der Waals surface area contributed by atoms with E-state index in [0.717, 1.165) is 5.69 Å². The highest BCUT2D eigenvalue weighted by molar-refractivity contribution is 7.08. The standard InChI is InChI=1S/C10H13NO3S/c1-6(7(2)10(13)14)9(12)11-8-3-4-15-5-8/h3-7H,1-2H3,(H,11,12)(H,13,14). The molecule has 1 amide bonds. The molecule has 1 rings (SSSR count). The normalized spacial score (nSPS) is 14.3. The van der Waals surface area contributed by atoms with Crippen LogP contribution in [0.4, 0.5) is 5.69 Å². The molecular weight excluding hydrogens is 214 g/mol. The Balaban J connectivity index is 2.57. The van der Waals surface area contributed by atoms with Gasteiger partial charge in [-0.15, -0.1) is 0 Å². The van der Waals surface area contributed by atoms with Gasteiger partial charge in [0.25, 0.3) is 0 Å². The molecule has 2 unspecified atom stereocenters. The number of carboxylic acid groups (broad SMARTS) is 1. The molecule has 82 valence electrons. The second-order valence-corrected chi connectivity index (χ2v) is 4.20. The average Bonchev–Trinajstić information content (AvgIpc) is 2.67. The number of hydrogen-bond donors (Lipinski definition) is 2. The van der Waals surface area contributed by atoms with Gasteiger partial charge in [-0.25, -0.2) is 0 Å². The average molecular weight is 227 g/mol. The fraction of sp³-hybridized carbons (Fsp3) is 0.400. The summed E-state index contributed by atoms with van der Waals surface area (Å²) in [4.78, 5) is 22.3.